The van der Waals surface area contributed by atoms with E-state index in [2.05, 4.69) is 20.8 Å². The van der Waals surface area contributed by atoms with Crippen LogP contribution in [0.2, 0.25) is 0 Å². The molecule has 1 aromatic rings. The SMILES string of the molecule is CN(C)CCCOc1ccc(C(=O)O)c(Br)c1. The zero-order valence-electron chi connectivity index (χ0n) is 9.94. The lowest BCUT2D eigenvalue weighted by atomic mass is 10.2. The summed E-state index contributed by atoms with van der Waals surface area (Å²) < 4.78 is 6.06. The van der Waals surface area contributed by atoms with Gasteiger partial charge in [-0.2, -0.15) is 0 Å². The quantitative estimate of drug-likeness (QED) is 0.820. The average molecular weight is 302 g/mol. The van der Waals surface area contributed by atoms with Crippen LogP contribution in [0.25, 0.3) is 0 Å². The Morgan fingerprint density at radius 2 is 2.18 bits per heavy atom. The third-order valence-corrected chi connectivity index (χ3v) is 2.85. The van der Waals surface area contributed by atoms with Crippen LogP contribution in [0.1, 0.15) is 16.8 Å². The lowest BCUT2D eigenvalue weighted by Crippen LogP contribution is -2.15. The van der Waals surface area contributed by atoms with E-state index in [4.69, 9.17) is 9.84 Å². The van der Waals surface area contributed by atoms with Crippen LogP contribution in [0.5, 0.6) is 5.75 Å². The molecule has 0 amide bonds. The van der Waals surface area contributed by atoms with Crippen molar-refractivity contribution in [2.24, 2.45) is 0 Å². The largest absolute Gasteiger partial charge is 0.494 e. The van der Waals surface area contributed by atoms with Crippen molar-refractivity contribution in [1.29, 1.82) is 0 Å². The van der Waals surface area contributed by atoms with Crippen LogP contribution >= 0.6 is 15.9 Å². The fraction of sp³-hybridized carbons (Fsp3) is 0.417. The number of carboxylic acid groups (broad SMARTS) is 1. The lowest BCUT2D eigenvalue weighted by molar-refractivity contribution is 0.0696. The maximum Gasteiger partial charge on any atom is 0.336 e. The van der Waals surface area contributed by atoms with E-state index in [1.165, 1.54) is 6.07 Å². The highest BCUT2D eigenvalue weighted by atomic mass is 79.9. The monoisotopic (exact) mass is 301 g/mol. The second-order valence-corrected chi connectivity index (χ2v) is 4.81. The van der Waals surface area contributed by atoms with E-state index in [1.54, 1.807) is 12.1 Å². The summed E-state index contributed by atoms with van der Waals surface area (Å²) in [6.07, 6.45) is 0.936. The summed E-state index contributed by atoms with van der Waals surface area (Å²) in [5.41, 5.74) is 0.241. The van der Waals surface area contributed by atoms with E-state index < -0.39 is 5.97 Å². The Hall–Kier alpha value is -1.07. The Kier molecular flexibility index (Phi) is 5.44. The molecule has 0 aromatic heterocycles. The van der Waals surface area contributed by atoms with Gasteiger partial charge in [0.25, 0.3) is 0 Å². The fourth-order valence-corrected chi connectivity index (χ4v) is 1.86. The molecule has 1 N–H and O–H groups in total. The van der Waals surface area contributed by atoms with E-state index >= 15 is 0 Å². The van der Waals surface area contributed by atoms with Crippen LogP contribution in [0, 0.1) is 0 Å². The molecule has 0 aliphatic carbocycles. The summed E-state index contributed by atoms with van der Waals surface area (Å²) in [6, 6.07) is 4.89. The maximum atomic E-state index is 10.8. The smallest absolute Gasteiger partial charge is 0.336 e. The normalized spacial score (nSPS) is 10.6. The number of benzene rings is 1. The third-order valence-electron chi connectivity index (χ3n) is 2.19. The van der Waals surface area contributed by atoms with Gasteiger partial charge in [0.2, 0.25) is 0 Å². The van der Waals surface area contributed by atoms with Crippen molar-refractivity contribution in [3.05, 3.63) is 28.2 Å². The number of carbonyl (C=O) groups is 1. The van der Waals surface area contributed by atoms with Gasteiger partial charge in [-0.1, -0.05) is 0 Å². The molecule has 0 radical (unpaired) electrons. The van der Waals surface area contributed by atoms with Crippen LogP contribution in [0.15, 0.2) is 22.7 Å². The number of nitrogens with zero attached hydrogens (tertiary/aromatic N) is 1. The standard InChI is InChI=1S/C12H16BrNO3/c1-14(2)6-3-7-17-9-4-5-10(12(15)16)11(13)8-9/h4-5,8H,3,6-7H2,1-2H3,(H,15,16). The highest BCUT2D eigenvalue weighted by Gasteiger charge is 2.08. The van der Waals surface area contributed by atoms with Gasteiger partial charge >= 0.3 is 5.97 Å². The Morgan fingerprint density at radius 3 is 2.71 bits per heavy atom. The van der Waals surface area contributed by atoms with Crippen molar-refractivity contribution in [1.82, 2.24) is 4.90 Å². The molecule has 1 rings (SSSR count). The minimum atomic E-state index is -0.948. The van der Waals surface area contributed by atoms with E-state index in [0.717, 1.165) is 13.0 Å². The van der Waals surface area contributed by atoms with Crippen LogP contribution in [-0.2, 0) is 0 Å². The number of carboxylic acids is 1. The number of hydrogen-bond acceptors (Lipinski definition) is 3. The summed E-state index contributed by atoms with van der Waals surface area (Å²) in [4.78, 5) is 12.9. The highest BCUT2D eigenvalue weighted by Crippen LogP contribution is 2.23. The molecule has 0 unspecified atom stereocenters. The van der Waals surface area contributed by atoms with Crippen LogP contribution in [0.3, 0.4) is 0 Å². The van der Waals surface area contributed by atoms with Crippen molar-refractivity contribution in [2.45, 2.75) is 6.42 Å². The number of rotatable bonds is 6. The topological polar surface area (TPSA) is 49.8 Å². The van der Waals surface area contributed by atoms with Gasteiger partial charge in [-0.25, -0.2) is 4.79 Å². The van der Waals surface area contributed by atoms with Crippen molar-refractivity contribution in [3.8, 4) is 5.75 Å². The molecule has 0 saturated carbocycles. The first-order chi connectivity index (χ1) is 8.00. The molecule has 0 saturated heterocycles. The average Bonchev–Trinajstić information content (AvgIpc) is 2.23. The van der Waals surface area contributed by atoms with Gasteiger partial charge in [-0.3, -0.25) is 0 Å². The Labute approximate surface area is 109 Å². The number of aromatic carboxylic acids is 1. The second kappa shape index (κ2) is 6.61. The zero-order valence-corrected chi connectivity index (χ0v) is 11.5. The molecule has 17 heavy (non-hydrogen) atoms. The number of ether oxygens (including phenoxy) is 1. The molecule has 0 aliphatic rings. The molecule has 0 spiro atoms. The molecule has 0 aliphatic heterocycles. The van der Waals surface area contributed by atoms with Gasteiger partial charge in [-0.05, 0) is 54.6 Å². The predicted molar refractivity (Wildman–Crippen MR) is 69.8 cm³/mol. The Balaban J connectivity index is 2.50. The number of hydrogen-bond donors (Lipinski definition) is 1. The van der Waals surface area contributed by atoms with Gasteiger partial charge in [-0.15, -0.1) is 0 Å². The van der Waals surface area contributed by atoms with Crippen LogP contribution < -0.4 is 4.74 Å². The Morgan fingerprint density at radius 1 is 1.47 bits per heavy atom. The molecule has 0 bridgehead atoms. The van der Waals surface area contributed by atoms with E-state index in [9.17, 15) is 4.79 Å². The van der Waals surface area contributed by atoms with E-state index in [0.29, 0.717) is 16.8 Å². The number of halogens is 1. The maximum absolute atomic E-state index is 10.8. The van der Waals surface area contributed by atoms with Gasteiger partial charge in [0.1, 0.15) is 5.75 Å². The fourth-order valence-electron chi connectivity index (χ4n) is 1.33. The van der Waals surface area contributed by atoms with Crippen molar-refractivity contribution in [2.75, 3.05) is 27.2 Å². The summed E-state index contributed by atoms with van der Waals surface area (Å²) in [6.45, 7) is 1.59. The first-order valence-electron chi connectivity index (χ1n) is 5.31. The molecular formula is C12H16BrNO3. The van der Waals surface area contributed by atoms with Crippen LogP contribution in [-0.4, -0.2) is 43.2 Å². The highest BCUT2D eigenvalue weighted by molar-refractivity contribution is 9.10. The predicted octanol–water partition coefficient (Wildman–Crippen LogP) is 2.48. The first kappa shape index (κ1) is 14.0. The Bertz CT molecular complexity index is 393. The first-order valence-corrected chi connectivity index (χ1v) is 6.10. The third kappa shape index (κ3) is 4.75. The summed E-state index contributed by atoms with van der Waals surface area (Å²) >= 11 is 3.21. The van der Waals surface area contributed by atoms with Crippen molar-refractivity contribution >= 4 is 21.9 Å². The molecule has 0 heterocycles. The second-order valence-electron chi connectivity index (χ2n) is 3.95. The van der Waals surface area contributed by atoms with Gasteiger partial charge < -0.3 is 14.7 Å². The molecule has 94 valence electrons. The summed E-state index contributed by atoms with van der Waals surface area (Å²) in [7, 11) is 4.02. The van der Waals surface area contributed by atoms with Gasteiger partial charge in [0.15, 0.2) is 0 Å². The lowest BCUT2D eigenvalue weighted by Gasteiger charge is -2.10. The van der Waals surface area contributed by atoms with E-state index in [1.807, 2.05) is 14.1 Å². The minimum absolute atomic E-state index is 0.241. The zero-order chi connectivity index (χ0) is 12.8. The molecule has 5 heteroatoms. The molecule has 0 atom stereocenters. The van der Waals surface area contributed by atoms with Crippen LogP contribution in [0.4, 0.5) is 0 Å². The minimum Gasteiger partial charge on any atom is -0.494 e. The van der Waals surface area contributed by atoms with Crippen molar-refractivity contribution in [3.63, 3.8) is 0 Å². The summed E-state index contributed by atoms with van der Waals surface area (Å²) in [5.74, 6) is -0.267. The van der Waals surface area contributed by atoms with Gasteiger partial charge in [0.05, 0.1) is 12.2 Å². The van der Waals surface area contributed by atoms with Crippen molar-refractivity contribution < 1.29 is 14.6 Å². The van der Waals surface area contributed by atoms with E-state index in [-0.39, 0.29) is 5.56 Å². The molecule has 0 fully saturated rings. The van der Waals surface area contributed by atoms with Gasteiger partial charge in [0, 0.05) is 11.0 Å². The molecule has 4 nitrogen and oxygen atoms in total. The molecule has 1 aromatic carbocycles. The summed E-state index contributed by atoms with van der Waals surface area (Å²) in [5, 5.41) is 8.86. The molecular weight excluding hydrogens is 286 g/mol.